The molecule has 0 spiro atoms. The van der Waals surface area contributed by atoms with E-state index in [0.29, 0.717) is 6.04 Å². The second kappa shape index (κ2) is 6.01. The summed E-state index contributed by atoms with van der Waals surface area (Å²) in [6.07, 6.45) is 4.75. The Kier molecular flexibility index (Phi) is 3.84. The lowest BCUT2D eigenvalue weighted by molar-refractivity contribution is -0.665. The molecule has 0 radical (unpaired) electrons. The van der Waals surface area contributed by atoms with E-state index in [2.05, 4.69) is 61.5 Å². The zero-order valence-electron chi connectivity index (χ0n) is 16.6. The van der Waals surface area contributed by atoms with Gasteiger partial charge < -0.3 is 0 Å². The van der Waals surface area contributed by atoms with Crippen LogP contribution in [0, 0.1) is 19.3 Å². The van der Waals surface area contributed by atoms with Crippen LogP contribution in [0.4, 0.5) is 0 Å². The highest BCUT2D eigenvalue weighted by molar-refractivity contribution is 5.94. The quantitative estimate of drug-likeness (QED) is 0.612. The van der Waals surface area contributed by atoms with E-state index in [1.165, 1.54) is 11.1 Å². The van der Waals surface area contributed by atoms with Crippen LogP contribution in [-0.4, -0.2) is 4.98 Å². The second-order valence-electron chi connectivity index (χ2n) is 7.93. The van der Waals surface area contributed by atoms with E-state index < -0.39 is 0 Å². The van der Waals surface area contributed by atoms with Crippen molar-refractivity contribution in [2.24, 2.45) is 12.5 Å². The summed E-state index contributed by atoms with van der Waals surface area (Å²) in [5.41, 5.74) is 5.98. The molecule has 2 heteroatoms. The minimum absolute atomic E-state index is 0.231. The van der Waals surface area contributed by atoms with Gasteiger partial charge >= 0.3 is 0 Å². The first-order valence-corrected chi connectivity index (χ1v) is 8.52. The average Bonchev–Trinajstić information content (AvgIpc) is 2.53. The molecule has 0 bridgehead atoms. The summed E-state index contributed by atoms with van der Waals surface area (Å²) >= 11 is 0. The summed E-state index contributed by atoms with van der Waals surface area (Å²) in [6.45, 7) is 10.9. The average molecular weight is 320 g/mol. The minimum Gasteiger partial charge on any atom is -0.264 e. The molecule has 0 aliphatic rings. The van der Waals surface area contributed by atoms with Crippen molar-refractivity contribution >= 4 is 10.8 Å². The lowest BCUT2D eigenvalue weighted by Crippen LogP contribution is -2.35. The predicted octanol–water partition coefficient (Wildman–Crippen LogP) is 4.93. The highest BCUT2D eigenvalue weighted by Crippen LogP contribution is 2.30. The van der Waals surface area contributed by atoms with E-state index >= 15 is 0 Å². The highest BCUT2D eigenvalue weighted by atomic mass is 14.9. The third-order valence-electron chi connectivity index (χ3n) is 4.50. The summed E-state index contributed by atoms with van der Waals surface area (Å²) in [4.78, 5) is 4.23. The summed E-state index contributed by atoms with van der Waals surface area (Å²) in [5, 5.41) is 2.16. The van der Waals surface area contributed by atoms with Crippen LogP contribution < -0.4 is 4.57 Å². The zero-order valence-corrected chi connectivity index (χ0v) is 15.6. The normalized spacial score (nSPS) is 12.5. The summed E-state index contributed by atoms with van der Waals surface area (Å²) in [5.74, 6) is 0. The van der Waals surface area contributed by atoms with Crippen LogP contribution in [0.2, 0.25) is 0 Å². The molecule has 3 rings (SSSR count). The zero-order chi connectivity index (χ0) is 18.4. The topological polar surface area (TPSA) is 16.8 Å². The number of fused-ring (bicyclic) bond motifs is 1. The van der Waals surface area contributed by atoms with E-state index in [4.69, 9.17) is 1.37 Å². The van der Waals surface area contributed by atoms with Crippen molar-refractivity contribution in [2.45, 2.75) is 41.0 Å². The molecule has 0 fully saturated rings. The molecule has 24 heavy (non-hydrogen) atoms. The SMILES string of the molecule is [2H]c1c(C)[n+](C)c(-c2ccncc2C)c2ccc(CC(C)(C)C)cc12. The molecule has 3 aromatic rings. The molecule has 0 saturated heterocycles. The fourth-order valence-electron chi connectivity index (χ4n) is 3.32. The molecular formula is C22H27N2+. The van der Waals surface area contributed by atoms with Crippen LogP contribution in [-0.2, 0) is 13.5 Å². The molecule has 0 unspecified atom stereocenters. The molecular weight excluding hydrogens is 292 g/mol. The predicted molar refractivity (Wildman–Crippen MR) is 101 cm³/mol. The Labute approximate surface area is 146 Å². The minimum atomic E-state index is 0.231. The van der Waals surface area contributed by atoms with E-state index in [1.807, 2.05) is 26.4 Å². The van der Waals surface area contributed by atoms with E-state index in [1.54, 1.807) is 0 Å². The number of rotatable bonds is 2. The second-order valence-corrected chi connectivity index (χ2v) is 7.93. The third kappa shape index (κ3) is 3.19. The lowest BCUT2D eigenvalue weighted by atomic mass is 9.87. The van der Waals surface area contributed by atoms with E-state index in [0.717, 1.165) is 34.1 Å². The first-order valence-electron chi connectivity index (χ1n) is 9.02. The standard InChI is InChI=1S/C22H27N2/c1-15-14-23-10-9-19(15)21-20-8-7-17(13-22(3,4)5)12-18(20)11-16(2)24(21)6/h7-12,14H,13H2,1-6H3/q+1/i11D. The molecule has 2 heterocycles. The first kappa shape index (κ1) is 15.3. The van der Waals surface area contributed by atoms with Crippen molar-refractivity contribution in [2.75, 3.05) is 0 Å². The van der Waals surface area contributed by atoms with Gasteiger partial charge in [-0.05, 0) is 47.4 Å². The molecule has 0 aliphatic carbocycles. The number of hydrogen-bond acceptors (Lipinski definition) is 1. The van der Waals surface area contributed by atoms with Crippen LogP contribution in [0.15, 0.2) is 42.7 Å². The maximum Gasteiger partial charge on any atom is 0.220 e. The van der Waals surface area contributed by atoms with Gasteiger partial charge in [0.05, 0.1) is 12.3 Å². The highest BCUT2D eigenvalue weighted by Gasteiger charge is 2.20. The lowest BCUT2D eigenvalue weighted by Gasteiger charge is -2.18. The third-order valence-corrected chi connectivity index (χ3v) is 4.50. The molecule has 124 valence electrons. The van der Waals surface area contributed by atoms with Gasteiger partial charge in [-0.2, -0.15) is 4.57 Å². The van der Waals surface area contributed by atoms with Gasteiger partial charge in [-0.3, -0.25) is 4.98 Å². The summed E-state index contributed by atoms with van der Waals surface area (Å²) in [6, 6.07) is 9.28. The van der Waals surface area contributed by atoms with Gasteiger partial charge in [0.2, 0.25) is 5.69 Å². The van der Waals surface area contributed by atoms with Crippen LogP contribution in [0.3, 0.4) is 0 Å². The van der Waals surface area contributed by atoms with Crippen molar-refractivity contribution in [1.29, 1.82) is 0 Å². The number of hydrogen-bond donors (Lipinski definition) is 0. The fourth-order valence-corrected chi connectivity index (χ4v) is 3.32. The maximum absolute atomic E-state index is 8.64. The summed E-state index contributed by atoms with van der Waals surface area (Å²) in [7, 11) is 2.05. The molecule has 2 aromatic heterocycles. The van der Waals surface area contributed by atoms with Crippen LogP contribution >= 0.6 is 0 Å². The molecule has 2 nitrogen and oxygen atoms in total. The molecule has 0 atom stereocenters. The van der Waals surface area contributed by atoms with Crippen LogP contribution in [0.1, 0.15) is 39.0 Å². The van der Waals surface area contributed by atoms with Crippen molar-refractivity contribution in [3.8, 4) is 11.3 Å². The van der Waals surface area contributed by atoms with Crippen molar-refractivity contribution < 1.29 is 5.94 Å². The monoisotopic (exact) mass is 320 g/mol. The van der Waals surface area contributed by atoms with Crippen molar-refractivity contribution in [3.05, 3.63) is 59.5 Å². The number of aromatic nitrogens is 2. The molecule has 0 saturated carbocycles. The van der Waals surface area contributed by atoms with Crippen molar-refractivity contribution in [1.82, 2.24) is 4.98 Å². The largest absolute Gasteiger partial charge is 0.264 e. The van der Waals surface area contributed by atoms with Gasteiger partial charge in [0, 0.05) is 25.4 Å². The first-order chi connectivity index (χ1) is 11.7. The van der Waals surface area contributed by atoms with Gasteiger partial charge in [0.15, 0.2) is 5.69 Å². The number of aryl methyl sites for hydroxylation is 1. The molecule has 0 aliphatic heterocycles. The Bertz CT molecular complexity index is 952. The Balaban J connectivity index is 2.33. The van der Waals surface area contributed by atoms with Crippen LogP contribution in [0.25, 0.3) is 22.0 Å². The number of nitrogens with zero attached hydrogens (tertiary/aromatic N) is 2. The van der Waals surface area contributed by atoms with Gasteiger partial charge in [0.25, 0.3) is 0 Å². The van der Waals surface area contributed by atoms with Crippen molar-refractivity contribution in [3.63, 3.8) is 0 Å². The Morgan fingerprint density at radius 3 is 2.58 bits per heavy atom. The van der Waals surface area contributed by atoms with E-state index in [-0.39, 0.29) is 5.41 Å². The van der Waals surface area contributed by atoms with E-state index in [9.17, 15) is 0 Å². The Morgan fingerprint density at radius 2 is 1.92 bits per heavy atom. The van der Waals surface area contributed by atoms with Gasteiger partial charge in [-0.15, -0.1) is 0 Å². The Morgan fingerprint density at radius 1 is 1.17 bits per heavy atom. The van der Waals surface area contributed by atoms with Gasteiger partial charge in [-0.25, -0.2) is 0 Å². The summed E-state index contributed by atoms with van der Waals surface area (Å²) < 4.78 is 10.8. The molecule has 0 amide bonds. The number of pyridine rings is 2. The van der Waals surface area contributed by atoms with Gasteiger partial charge in [0.1, 0.15) is 7.05 Å². The maximum atomic E-state index is 8.64. The van der Waals surface area contributed by atoms with Gasteiger partial charge in [-0.1, -0.05) is 32.9 Å². The molecule has 0 N–H and O–H groups in total. The smallest absolute Gasteiger partial charge is 0.220 e. The molecule has 1 aromatic carbocycles. The number of benzene rings is 1. The van der Waals surface area contributed by atoms with Crippen LogP contribution in [0.5, 0.6) is 0 Å². The fraction of sp³-hybridized carbons (Fsp3) is 0.364. The Hall–Kier alpha value is -2.22.